The van der Waals surface area contributed by atoms with Crippen LogP contribution in [0.15, 0.2) is 42.5 Å². The minimum atomic E-state index is -5.01. The number of ether oxygens (including phenoxy) is 1. The number of alkyl halides is 6. The summed E-state index contributed by atoms with van der Waals surface area (Å²) in [6.07, 6.45) is -11.5. The minimum Gasteiger partial charge on any atom is -0.368 e. The van der Waals surface area contributed by atoms with Gasteiger partial charge in [-0.15, -0.1) is 0 Å². The first-order valence-corrected chi connectivity index (χ1v) is 11.9. The van der Waals surface area contributed by atoms with Gasteiger partial charge in [0.1, 0.15) is 11.9 Å². The molecule has 2 aliphatic heterocycles. The topological polar surface area (TPSA) is 49.9 Å². The van der Waals surface area contributed by atoms with E-state index in [-0.39, 0.29) is 43.0 Å². The van der Waals surface area contributed by atoms with Gasteiger partial charge in [-0.05, 0) is 54.8 Å². The molecule has 0 saturated carbocycles. The highest BCUT2D eigenvalue weighted by atomic mass is 19.4. The number of amides is 2. The normalized spacial score (nSPS) is 23.3. The first-order chi connectivity index (χ1) is 17.6. The lowest BCUT2D eigenvalue weighted by atomic mass is 9.95. The number of benzene rings is 2. The molecule has 0 bridgehead atoms. The number of nitrogens with zero attached hydrogens (tertiary/aromatic N) is 2. The number of carbonyl (C=O) groups is 2. The van der Waals surface area contributed by atoms with Gasteiger partial charge in [0.15, 0.2) is 0 Å². The molecule has 4 atom stereocenters. The van der Waals surface area contributed by atoms with E-state index in [1.54, 1.807) is 0 Å². The lowest BCUT2D eigenvalue weighted by Crippen LogP contribution is -2.44. The molecule has 206 valence electrons. The second-order valence-electron chi connectivity index (χ2n) is 9.62. The molecule has 2 aliphatic rings. The molecule has 0 radical (unpaired) electrons. The van der Waals surface area contributed by atoms with Crippen molar-refractivity contribution in [3.05, 3.63) is 70.5 Å². The van der Waals surface area contributed by atoms with Gasteiger partial charge in [-0.25, -0.2) is 4.39 Å². The fourth-order valence-corrected chi connectivity index (χ4v) is 4.98. The molecule has 0 N–H and O–H groups in total. The molecule has 2 aromatic rings. The van der Waals surface area contributed by atoms with Crippen LogP contribution < -0.4 is 0 Å². The number of hydrogen-bond acceptors (Lipinski definition) is 3. The van der Waals surface area contributed by atoms with Crippen LogP contribution in [0.4, 0.5) is 30.7 Å². The summed E-state index contributed by atoms with van der Waals surface area (Å²) in [6, 6.07) is 6.02. The van der Waals surface area contributed by atoms with Crippen LogP contribution in [0.2, 0.25) is 0 Å². The standard InChI is InChI=1S/C26H25F7N2O3/c1-14(16-9-17(25(28,29)30)11-18(10-16)26(31,32)33)38-22-13-35(24(37)21-7-8-23(36)34(21)2)12-20(22)15-3-5-19(27)6-4-15/h3-6,9-11,14,20-22H,7-8,12-13H2,1-2H3/t14-,20+,21+,22-/m1/s1. The Morgan fingerprint density at radius 1 is 0.974 bits per heavy atom. The van der Waals surface area contributed by atoms with Gasteiger partial charge in [0, 0.05) is 32.5 Å². The zero-order chi connectivity index (χ0) is 28.0. The molecule has 0 unspecified atom stereocenters. The van der Waals surface area contributed by atoms with Crippen molar-refractivity contribution in [3.63, 3.8) is 0 Å². The highest BCUT2D eigenvalue weighted by Gasteiger charge is 2.43. The van der Waals surface area contributed by atoms with Crippen molar-refractivity contribution < 1.29 is 45.1 Å². The Hall–Kier alpha value is -3.15. The predicted octanol–water partition coefficient (Wildman–Crippen LogP) is 5.56. The molecule has 2 amide bonds. The van der Waals surface area contributed by atoms with Crippen molar-refractivity contribution >= 4 is 11.8 Å². The van der Waals surface area contributed by atoms with Gasteiger partial charge in [0.25, 0.3) is 0 Å². The number of likely N-dealkylation sites (tertiary alicyclic amines) is 2. The quantitative estimate of drug-likeness (QED) is 0.462. The Bertz CT molecular complexity index is 1160. The van der Waals surface area contributed by atoms with E-state index >= 15 is 0 Å². The number of carbonyl (C=O) groups excluding carboxylic acids is 2. The van der Waals surface area contributed by atoms with Crippen molar-refractivity contribution in [2.45, 2.75) is 56.3 Å². The van der Waals surface area contributed by atoms with Crippen LogP contribution in [0, 0.1) is 5.82 Å². The lowest BCUT2D eigenvalue weighted by molar-refractivity contribution is -0.143. The molecule has 12 heteroatoms. The summed E-state index contributed by atoms with van der Waals surface area (Å²) < 4.78 is 99.7. The molecule has 0 spiro atoms. The van der Waals surface area contributed by atoms with Crippen molar-refractivity contribution in [2.75, 3.05) is 20.1 Å². The van der Waals surface area contributed by atoms with E-state index in [9.17, 15) is 40.3 Å². The second-order valence-corrected chi connectivity index (χ2v) is 9.62. The van der Waals surface area contributed by atoms with Crippen molar-refractivity contribution in [1.29, 1.82) is 0 Å². The third kappa shape index (κ3) is 5.79. The lowest BCUT2D eigenvalue weighted by Gasteiger charge is -2.26. The van der Waals surface area contributed by atoms with Crippen LogP contribution in [0.5, 0.6) is 0 Å². The zero-order valence-corrected chi connectivity index (χ0v) is 20.4. The minimum absolute atomic E-state index is 0.00512. The average Bonchev–Trinajstić information content (AvgIpc) is 3.41. The van der Waals surface area contributed by atoms with Crippen molar-refractivity contribution in [3.8, 4) is 0 Å². The number of likely N-dealkylation sites (N-methyl/N-ethyl adjacent to an activating group) is 1. The van der Waals surface area contributed by atoms with Crippen LogP contribution in [0.25, 0.3) is 0 Å². The zero-order valence-electron chi connectivity index (χ0n) is 20.4. The van der Waals surface area contributed by atoms with E-state index in [0.29, 0.717) is 24.1 Å². The van der Waals surface area contributed by atoms with Gasteiger partial charge in [-0.3, -0.25) is 9.59 Å². The molecule has 5 nitrogen and oxygen atoms in total. The van der Waals surface area contributed by atoms with Gasteiger partial charge in [0.05, 0.1) is 23.3 Å². The fourth-order valence-electron chi connectivity index (χ4n) is 4.98. The maximum absolute atomic E-state index is 13.5. The van der Waals surface area contributed by atoms with E-state index < -0.39 is 53.5 Å². The Morgan fingerprint density at radius 2 is 1.55 bits per heavy atom. The molecular weight excluding hydrogens is 521 g/mol. The summed E-state index contributed by atoms with van der Waals surface area (Å²) in [7, 11) is 1.52. The molecule has 0 aromatic heterocycles. The number of rotatable bonds is 5. The molecule has 2 aromatic carbocycles. The summed E-state index contributed by atoms with van der Waals surface area (Å²) in [5.41, 5.74) is -2.64. The summed E-state index contributed by atoms with van der Waals surface area (Å²) in [4.78, 5) is 28.0. The SMILES string of the molecule is C[C@@H](O[C@@H]1CN(C(=O)[C@@H]2CCC(=O)N2C)C[C@H]1c1ccc(F)cc1)c1cc(C(F)(F)F)cc(C(F)(F)F)c1. The Labute approximate surface area is 214 Å². The Morgan fingerprint density at radius 3 is 2.05 bits per heavy atom. The molecule has 38 heavy (non-hydrogen) atoms. The first-order valence-electron chi connectivity index (χ1n) is 11.9. The second kappa shape index (κ2) is 10.2. The van der Waals surface area contributed by atoms with Gasteiger partial charge < -0.3 is 14.5 Å². The third-order valence-electron chi connectivity index (χ3n) is 7.11. The Kier molecular flexibility index (Phi) is 7.48. The van der Waals surface area contributed by atoms with E-state index in [4.69, 9.17) is 4.74 Å². The van der Waals surface area contributed by atoms with E-state index in [2.05, 4.69) is 0 Å². The first kappa shape index (κ1) is 27.9. The molecule has 4 rings (SSSR count). The maximum Gasteiger partial charge on any atom is 0.416 e. The van der Waals surface area contributed by atoms with Crippen LogP contribution in [0.1, 0.15) is 54.0 Å². The smallest absolute Gasteiger partial charge is 0.368 e. The monoisotopic (exact) mass is 546 g/mol. The van der Waals surface area contributed by atoms with Crippen LogP contribution >= 0.6 is 0 Å². The van der Waals surface area contributed by atoms with Gasteiger partial charge in [0.2, 0.25) is 11.8 Å². The van der Waals surface area contributed by atoms with Gasteiger partial charge in [-0.1, -0.05) is 12.1 Å². The predicted molar refractivity (Wildman–Crippen MR) is 121 cm³/mol. The van der Waals surface area contributed by atoms with E-state index in [1.165, 1.54) is 48.0 Å². The highest BCUT2D eigenvalue weighted by Crippen LogP contribution is 2.40. The van der Waals surface area contributed by atoms with Crippen molar-refractivity contribution in [1.82, 2.24) is 9.80 Å². The average molecular weight is 546 g/mol. The van der Waals surface area contributed by atoms with Crippen LogP contribution in [0.3, 0.4) is 0 Å². The largest absolute Gasteiger partial charge is 0.416 e. The summed E-state index contributed by atoms with van der Waals surface area (Å²) in [6.45, 7) is 1.46. The third-order valence-corrected chi connectivity index (χ3v) is 7.11. The van der Waals surface area contributed by atoms with Crippen LogP contribution in [-0.2, 0) is 26.7 Å². The highest BCUT2D eigenvalue weighted by molar-refractivity contribution is 5.91. The molecule has 2 saturated heterocycles. The summed E-state index contributed by atoms with van der Waals surface area (Å²) in [5, 5.41) is 0. The van der Waals surface area contributed by atoms with Crippen molar-refractivity contribution in [2.24, 2.45) is 0 Å². The fraction of sp³-hybridized carbons (Fsp3) is 0.462. The summed E-state index contributed by atoms with van der Waals surface area (Å²) in [5.74, 6) is -1.54. The summed E-state index contributed by atoms with van der Waals surface area (Å²) >= 11 is 0. The maximum atomic E-state index is 13.5. The molecule has 2 fully saturated rings. The van der Waals surface area contributed by atoms with Crippen LogP contribution in [-0.4, -0.2) is 53.9 Å². The van der Waals surface area contributed by atoms with Gasteiger partial charge in [-0.2, -0.15) is 26.3 Å². The Balaban J connectivity index is 1.63. The number of halogens is 7. The number of hydrogen-bond donors (Lipinski definition) is 0. The molecular formula is C26H25F7N2O3. The van der Waals surface area contributed by atoms with Gasteiger partial charge >= 0.3 is 12.4 Å². The molecule has 0 aliphatic carbocycles. The molecule has 2 heterocycles. The van der Waals surface area contributed by atoms with E-state index in [1.807, 2.05) is 0 Å². The van der Waals surface area contributed by atoms with E-state index in [0.717, 1.165) is 0 Å².